The predicted molar refractivity (Wildman–Crippen MR) is 339 cm³/mol. The number of unbranched alkanes of at least 4 members (excludes halogenated alkanes) is 28. The Morgan fingerprint density at radius 3 is 1.25 bits per heavy atom. The predicted octanol–water partition coefficient (Wildman–Crippen LogP) is 19.7. The lowest BCUT2D eigenvalue weighted by Gasteiger charge is -2.30. The normalized spacial score (nSPS) is 14.3. The molecule has 0 saturated carbocycles. The Bertz CT molecular complexity index is 1670. The van der Waals surface area contributed by atoms with E-state index in [9.17, 15) is 19.0 Å². The summed E-state index contributed by atoms with van der Waals surface area (Å²) in [5, 5.41) is 3.01. The summed E-state index contributed by atoms with van der Waals surface area (Å²) in [7, 11) is 1.15. The van der Waals surface area contributed by atoms with Gasteiger partial charge in [0.05, 0.1) is 33.8 Å². The molecule has 79 heavy (non-hydrogen) atoms. The van der Waals surface area contributed by atoms with E-state index >= 15 is 0 Å². The molecular weight excluding hydrogens is 1000 g/mol. The Morgan fingerprint density at radius 2 is 0.810 bits per heavy atom. The maximum atomic E-state index is 13.5. The van der Waals surface area contributed by atoms with Gasteiger partial charge in [-0.25, -0.2) is 0 Å². The second kappa shape index (κ2) is 58.1. The van der Waals surface area contributed by atoms with Crippen molar-refractivity contribution < 1.29 is 37.3 Å². The molecule has 3 unspecified atom stereocenters. The highest BCUT2D eigenvalue weighted by atomic mass is 31.2. The van der Waals surface area contributed by atoms with Gasteiger partial charge in [0.1, 0.15) is 19.3 Å². The zero-order valence-corrected chi connectivity index (χ0v) is 52.9. The van der Waals surface area contributed by atoms with Crippen LogP contribution in [0.4, 0.5) is 0 Å². The fraction of sp³-hybridized carbons (Fsp3) is 0.739. The van der Waals surface area contributed by atoms with Crippen molar-refractivity contribution in [1.29, 1.82) is 0 Å². The van der Waals surface area contributed by atoms with Gasteiger partial charge < -0.3 is 28.5 Å². The van der Waals surface area contributed by atoms with Crippen LogP contribution in [0.3, 0.4) is 0 Å². The number of allylic oxidation sites excluding steroid dienone is 15. The number of likely N-dealkylation sites (N-methyl/N-ethyl adjacent to an activating group) is 1. The van der Waals surface area contributed by atoms with E-state index in [1.807, 2.05) is 33.3 Å². The lowest BCUT2D eigenvalue weighted by Crippen LogP contribution is -2.47. The summed E-state index contributed by atoms with van der Waals surface area (Å²) in [6, 6.07) is -0.911. The number of amides is 1. The summed E-state index contributed by atoms with van der Waals surface area (Å²) in [5.41, 5.74) is 0. The number of ether oxygens (including phenoxy) is 1. The van der Waals surface area contributed by atoms with Crippen LogP contribution in [0.25, 0.3) is 0 Å². The molecule has 1 amide bonds. The molecule has 0 saturated heterocycles. The van der Waals surface area contributed by atoms with E-state index in [0.29, 0.717) is 17.4 Å². The van der Waals surface area contributed by atoms with Crippen LogP contribution < -0.4 is 10.2 Å². The fourth-order valence-corrected chi connectivity index (χ4v) is 9.71. The van der Waals surface area contributed by atoms with Gasteiger partial charge in [-0.3, -0.25) is 14.2 Å². The lowest BCUT2D eigenvalue weighted by molar-refractivity contribution is -0.870. The molecule has 0 aliphatic carbocycles. The van der Waals surface area contributed by atoms with Crippen LogP contribution in [0.5, 0.6) is 0 Å². The van der Waals surface area contributed by atoms with Crippen molar-refractivity contribution in [2.24, 2.45) is 0 Å². The first-order valence-corrected chi connectivity index (χ1v) is 34.0. The third kappa shape index (κ3) is 59.4. The van der Waals surface area contributed by atoms with Gasteiger partial charge in [-0.1, -0.05) is 253 Å². The van der Waals surface area contributed by atoms with Crippen molar-refractivity contribution in [2.45, 2.75) is 290 Å². The van der Waals surface area contributed by atoms with Crippen molar-refractivity contribution >= 4 is 19.7 Å². The summed E-state index contributed by atoms with van der Waals surface area (Å²) in [6.07, 6.45) is 78.1. The quantitative estimate of drug-likeness (QED) is 0.0212. The minimum Gasteiger partial charge on any atom is -0.756 e. The average molecular weight is 1120 g/mol. The number of carbonyl (C=O) groups excluding carboxylic acids is 2. The van der Waals surface area contributed by atoms with E-state index in [1.165, 1.54) is 141 Å². The van der Waals surface area contributed by atoms with Crippen LogP contribution in [-0.2, 0) is 27.9 Å². The number of hydrogen-bond acceptors (Lipinski definition) is 7. The lowest BCUT2D eigenvalue weighted by atomic mass is 10.0. The van der Waals surface area contributed by atoms with E-state index < -0.39 is 26.6 Å². The van der Waals surface area contributed by atoms with Crippen LogP contribution in [0.1, 0.15) is 278 Å². The first kappa shape index (κ1) is 75.9. The number of esters is 1. The summed E-state index contributed by atoms with van der Waals surface area (Å²) in [4.78, 5) is 40.0. The maximum Gasteiger partial charge on any atom is 0.306 e. The second-order valence-electron chi connectivity index (χ2n) is 22.9. The summed E-state index contributed by atoms with van der Waals surface area (Å²) >= 11 is 0. The molecule has 0 radical (unpaired) electrons. The van der Waals surface area contributed by atoms with Gasteiger partial charge in [-0.15, -0.1) is 0 Å². The minimum atomic E-state index is -4.71. The van der Waals surface area contributed by atoms with Crippen molar-refractivity contribution in [3.63, 3.8) is 0 Å². The third-order valence-electron chi connectivity index (χ3n) is 14.0. The van der Waals surface area contributed by atoms with E-state index in [2.05, 4.69) is 111 Å². The molecule has 1 N–H and O–H groups in total. The minimum absolute atomic E-state index is 0.0328. The summed E-state index contributed by atoms with van der Waals surface area (Å²) < 4.78 is 30.3. The highest BCUT2D eigenvalue weighted by molar-refractivity contribution is 7.45. The molecule has 0 aliphatic rings. The van der Waals surface area contributed by atoms with Crippen molar-refractivity contribution in [1.82, 2.24) is 5.32 Å². The van der Waals surface area contributed by atoms with Gasteiger partial charge >= 0.3 is 5.97 Å². The molecule has 0 aromatic rings. The highest BCUT2D eigenvalue weighted by Gasteiger charge is 2.27. The number of quaternary nitrogens is 1. The molecule has 0 fully saturated rings. The van der Waals surface area contributed by atoms with Gasteiger partial charge in [0.2, 0.25) is 5.91 Å². The Balaban J connectivity index is 5.17. The second-order valence-corrected chi connectivity index (χ2v) is 24.3. The van der Waals surface area contributed by atoms with Gasteiger partial charge in [0.15, 0.2) is 0 Å². The average Bonchev–Trinajstić information content (AvgIpc) is 3.41. The zero-order chi connectivity index (χ0) is 57.9. The van der Waals surface area contributed by atoms with Gasteiger partial charge in [-0.2, -0.15) is 0 Å². The van der Waals surface area contributed by atoms with Crippen LogP contribution in [0.15, 0.2) is 97.2 Å². The zero-order valence-electron chi connectivity index (χ0n) is 52.1. The van der Waals surface area contributed by atoms with Gasteiger partial charge in [0.25, 0.3) is 7.82 Å². The Morgan fingerprint density at radius 1 is 0.456 bits per heavy atom. The number of carbonyl (C=O) groups is 2. The fourth-order valence-electron chi connectivity index (χ4n) is 8.99. The Labute approximate surface area is 488 Å². The first-order chi connectivity index (χ1) is 38.4. The molecule has 0 aliphatic heterocycles. The molecule has 9 nitrogen and oxygen atoms in total. The largest absolute Gasteiger partial charge is 0.756 e. The molecule has 0 heterocycles. The molecule has 0 rings (SSSR count). The monoisotopic (exact) mass is 1120 g/mol. The van der Waals surface area contributed by atoms with Crippen LogP contribution in [0.2, 0.25) is 0 Å². The SMILES string of the molecule is CC/C=C/C/C=C/C/C=C/C/C=C/CCCCCC(=O)NC(COP(=O)([O-])OCC[N+](C)(C)C)C(/C=C\CCCCCCCCCCCC)OC(=O)CCCCCCCCCCCCCC/C=C\C/C=C\C/C=C\CCCCC. The van der Waals surface area contributed by atoms with Crippen molar-refractivity contribution in [2.75, 3.05) is 40.9 Å². The van der Waals surface area contributed by atoms with Crippen LogP contribution >= 0.6 is 7.82 Å². The number of nitrogens with zero attached hydrogens (tertiary/aromatic N) is 1. The Hall–Kier alpha value is -3.07. The smallest absolute Gasteiger partial charge is 0.306 e. The molecule has 0 spiro atoms. The van der Waals surface area contributed by atoms with E-state index in [-0.39, 0.29) is 31.3 Å². The number of hydrogen-bond donors (Lipinski definition) is 1. The number of phosphoric acid groups is 1. The molecule has 0 aromatic heterocycles. The van der Waals surface area contributed by atoms with Gasteiger partial charge in [0, 0.05) is 12.8 Å². The topological polar surface area (TPSA) is 114 Å². The highest BCUT2D eigenvalue weighted by Crippen LogP contribution is 2.38. The Kier molecular flexibility index (Phi) is 55.9. The number of nitrogens with one attached hydrogen (secondary N) is 1. The number of rotatable bonds is 58. The molecule has 456 valence electrons. The van der Waals surface area contributed by atoms with Crippen molar-refractivity contribution in [3.05, 3.63) is 97.2 Å². The first-order valence-electron chi connectivity index (χ1n) is 32.5. The van der Waals surface area contributed by atoms with E-state index in [0.717, 1.165) is 96.3 Å². The molecule has 3 atom stereocenters. The van der Waals surface area contributed by atoms with Crippen molar-refractivity contribution in [3.8, 4) is 0 Å². The molecular formula is C69H123N2O7P. The molecule has 10 heteroatoms. The van der Waals surface area contributed by atoms with Crippen LogP contribution in [-0.4, -0.2) is 69.4 Å². The maximum absolute atomic E-state index is 13.5. The third-order valence-corrected chi connectivity index (χ3v) is 15.0. The standard InChI is InChI=1S/C69H123N2O7P/c1-7-10-13-16-19-22-25-28-30-32-33-34-35-36-37-38-39-40-42-44-47-50-53-56-59-62-69(73)78-67(60-57-54-51-48-45-27-24-21-18-15-12-9-3)66(65-77-79(74,75)76-64-63-71(4,5)6)70-68(72)61-58-55-52-49-46-43-41-31-29-26-23-20-17-14-11-8-2/h11,14,19-20,22-23,28-31,33-34,43,46,57,60,66-67H,7-10,12-13,15-18,21,24-27,32,35-42,44-45,47-56,58-59,61-65H2,1-6H3,(H-,70,72,74,75)/b14-11+,22-19-,23-20+,30-28-,31-29+,34-33-,46-43+,60-57-. The molecule has 0 aromatic carbocycles. The number of phosphoric ester groups is 1. The molecule has 0 bridgehead atoms. The van der Waals surface area contributed by atoms with Gasteiger partial charge in [-0.05, 0) is 109 Å². The van der Waals surface area contributed by atoms with E-state index in [1.54, 1.807) is 0 Å². The van der Waals surface area contributed by atoms with E-state index in [4.69, 9.17) is 13.8 Å². The summed E-state index contributed by atoms with van der Waals surface area (Å²) in [5.74, 6) is -0.580. The summed E-state index contributed by atoms with van der Waals surface area (Å²) in [6.45, 7) is 6.68. The van der Waals surface area contributed by atoms with Crippen LogP contribution in [0, 0.1) is 0 Å².